The van der Waals surface area contributed by atoms with Gasteiger partial charge in [-0.15, -0.1) is 0 Å². The summed E-state index contributed by atoms with van der Waals surface area (Å²) < 4.78 is 0. The van der Waals surface area contributed by atoms with Crippen molar-refractivity contribution in [2.75, 3.05) is 5.32 Å². The van der Waals surface area contributed by atoms with Crippen molar-refractivity contribution in [2.45, 2.75) is 45.1 Å². The highest BCUT2D eigenvalue weighted by molar-refractivity contribution is 6.36. The molecule has 118 valence electrons. The van der Waals surface area contributed by atoms with Crippen LogP contribution in [0, 0.1) is 18.3 Å². The molecule has 5 nitrogen and oxygen atoms in total. The minimum absolute atomic E-state index is 0.0987. The van der Waals surface area contributed by atoms with E-state index in [2.05, 4.69) is 10.6 Å². The molecular weight excluding hydrogens is 290 g/mol. The van der Waals surface area contributed by atoms with E-state index in [0.717, 1.165) is 31.2 Å². The Morgan fingerprint density at radius 2 is 2.04 bits per heavy atom. The van der Waals surface area contributed by atoms with Crippen LogP contribution in [0.15, 0.2) is 23.8 Å². The van der Waals surface area contributed by atoms with E-state index in [1.807, 2.05) is 25.1 Å². The fraction of sp³-hybridized carbons (Fsp3) is 0.389. The van der Waals surface area contributed by atoms with Crippen molar-refractivity contribution in [3.63, 3.8) is 0 Å². The largest absolute Gasteiger partial charge is 0.349 e. The number of amides is 2. The summed E-state index contributed by atoms with van der Waals surface area (Å²) >= 11 is 0. The molecule has 2 amide bonds. The molecule has 23 heavy (non-hydrogen) atoms. The molecule has 3 rings (SSSR count). The van der Waals surface area contributed by atoms with Crippen molar-refractivity contribution in [1.29, 1.82) is 5.26 Å². The summed E-state index contributed by atoms with van der Waals surface area (Å²) in [7, 11) is 0. The summed E-state index contributed by atoms with van der Waals surface area (Å²) in [5.41, 5.74) is 2.33. The van der Waals surface area contributed by atoms with E-state index in [0.29, 0.717) is 11.3 Å². The summed E-state index contributed by atoms with van der Waals surface area (Å²) in [6, 6.07) is 7.54. The lowest BCUT2D eigenvalue weighted by Gasteiger charge is -2.22. The number of nitrogens with one attached hydrogen (secondary N) is 2. The zero-order valence-electron chi connectivity index (χ0n) is 13.1. The van der Waals surface area contributed by atoms with E-state index in [4.69, 9.17) is 0 Å². The number of carbonyl (C=O) groups excluding carboxylic acids is 2. The standard InChI is InChI=1S/C18H19N3O2/c1-11-7-8-15-13(9-11)16(18(23)21-15)14(10-19)17(22)20-12-5-3-2-4-6-12/h7-9,12H,2-6H2,1H3,(H,20,22)(H,21,23)/b16-14-. The van der Waals surface area contributed by atoms with E-state index in [1.54, 1.807) is 6.07 Å². The molecule has 1 aliphatic heterocycles. The fourth-order valence-corrected chi connectivity index (χ4v) is 3.25. The molecular formula is C18H19N3O2. The Hall–Kier alpha value is -2.61. The summed E-state index contributed by atoms with van der Waals surface area (Å²) in [6.07, 6.45) is 5.23. The maximum atomic E-state index is 12.5. The summed E-state index contributed by atoms with van der Waals surface area (Å²) in [6.45, 7) is 1.91. The molecule has 0 aromatic heterocycles. The van der Waals surface area contributed by atoms with Crippen LogP contribution in [0.25, 0.3) is 5.57 Å². The van der Waals surface area contributed by atoms with Crippen LogP contribution in [0.5, 0.6) is 0 Å². The molecule has 0 saturated heterocycles. The van der Waals surface area contributed by atoms with Crippen molar-refractivity contribution >= 4 is 23.1 Å². The van der Waals surface area contributed by atoms with Crippen LogP contribution in [-0.2, 0) is 9.59 Å². The first kappa shape index (κ1) is 15.3. The molecule has 1 aliphatic carbocycles. The smallest absolute Gasteiger partial charge is 0.263 e. The van der Waals surface area contributed by atoms with Crippen molar-refractivity contribution in [3.8, 4) is 6.07 Å². The molecule has 1 aromatic carbocycles. The second-order valence-electron chi connectivity index (χ2n) is 6.17. The van der Waals surface area contributed by atoms with E-state index in [-0.39, 0.29) is 23.1 Å². The lowest BCUT2D eigenvalue weighted by Crippen LogP contribution is -2.37. The van der Waals surface area contributed by atoms with Gasteiger partial charge in [0.2, 0.25) is 0 Å². The van der Waals surface area contributed by atoms with Gasteiger partial charge in [0, 0.05) is 17.3 Å². The number of aryl methyl sites for hydroxylation is 1. The summed E-state index contributed by atoms with van der Waals surface area (Å²) in [5, 5.41) is 15.1. The van der Waals surface area contributed by atoms with Crippen molar-refractivity contribution in [3.05, 3.63) is 34.9 Å². The number of nitriles is 1. The second-order valence-corrected chi connectivity index (χ2v) is 6.17. The Labute approximate surface area is 135 Å². The topological polar surface area (TPSA) is 82.0 Å². The lowest BCUT2D eigenvalue weighted by atomic mass is 9.94. The predicted molar refractivity (Wildman–Crippen MR) is 87.4 cm³/mol. The molecule has 1 saturated carbocycles. The number of carbonyl (C=O) groups is 2. The monoisotopic (exact) mass is 309 g/mol. The van der Waals surface area contributed by atoms with Gasteiger partial charge < -0.3 is 10.6 Å². The molecule has 0 unspecified atom stereocenters. The molecule has 5 heteroatoms. The van der Waals surface area contributed by atoms with Gasteiger partial charge >= 0.3 is 0 Å². The normalized spacial score (nSPS) is 19.6. The van der Waals surface area contributed by atoms with Gasteiger partial charge in [0.25, 0.3) is 11.8 Å². The molecule has 1 fully saturated rings. The van der Waals surface area contributed by atoms with E-state index in [9.17, 15) is 14.9 Å². The van der Waals surface area contributed by atoms with Crippen LogP contribution in [0.2, 0.25) is 0 Å². The lowest BCUT2D eigenvalue weighted by molar-refractivity contribution is -0.118. The molecule has 0 spiro atoms. The Morgan fingerprint density at radius 1 is 1.30 bits per heavy atom. The molecule has 2 N–H and O–H groups in total. The predicted octanol–water partition coefficient (Wildman–Crippen LogP) is 2.67. The van der Waals surface area contributed by atoms with Gasteiger partial charge in [-0.25, -0.2) is 0 Å². The Bertz CT molecular complexity index is 737. The van der Waals surface area contributed by atoms with Crippen LogP contribution in [-0.4, -0.2) is 17.9 Å². The van der Waals surface area contributed by atoms with Crippen molar-refractivity contribution in [1.82, 2.24) is 5.32 Å². The highest BCUT2D eigenvalue weighted by atomic mass is 16.2. The first-order chi connectivity index (χ1) is 11.1. The third-order valence-corrected chi connectivity index (χ3v) is 4.45. The van der Waals surface area contributed by atoms with Crippen LogP contribution in [0.1, 0.15) is 43.2 Å². The molecule has 2 aliphatic rings. The quantitative estimate of drug-likeness (QED) is 0.651. The molecule has 0 atom stereocenters. The van der Waals surface area contributed by atoms with E-state index in [1.165, 1.54) is 6.42 Å². The minimum Gasteiger partial charge on any atom is -0.349 e. The molecule has 1 heterocycles. The van der Waals surface area contributed by atoms with Gasteiger partial charge in [0.1, 0.15) is 11.6 Å². The maximum Gasteiger partial charge on any atom is 0.263 e. The maximum absolute atomic E-state index is 12.5. The van der Waals surface area contributed by atoms with Crippen molar-refractivity contribution < 1.29 is 9.59 Å². The Kier molecular flexibility index (Phi) is 4.16. The second kappa shape index (κ2) is 6.25. The number of rotatable bonds is 2. The zero-order chi connectivity index (χ0) is 16.4. The summed E-state index contributed by atoms with van der Waals surface area (Å²) in [5.74, 6) is -0.833. The first-order valence-electron chi connectivity index (χ1n) is 7.98. The van der Waals surface area contributed by atoms with Crippen molar-refractivity contribution in [2.24, 2.45) is 0 Å². The van der Waals surface area contributed by atoms with Crippen LogP contribution in [0.3, 0.4) is 0 Å². The highest BCUT2D eigenvalue weighted by Gasteiger charge is 2.31. The molecule has 1 aromatic rings. The number of hydrogen-bond acceptors (Lipinski definition) is 3. The van der Waals surface area contributed by atoms with E-state index < -0.39 is 5.91 Å². The number of hydrogen-bond donors (Lipinski definition) is 2. The average molecular weight is 309 g/mol. The van der Waals surface area contributed by atoms with E-state index >= 15 is 0 Å². The van der Waals surface area contributed by atoms with Crippen LogP contribution in [0.4, 0.5) is 5.69 Å². The number of benzene rings is 1. The Balaban J connectivity index is 1.94. The summed E-state index contributed by atoms with van der Waals surface area (Å²) in [4.78, 5) is 24.7. The van der Waals surface area contributed by atoms with Crippen LogP contribution < -0.4 is 10.6 Å². The van der Waals surface area contributed by atoms with Gasteiger partial charge in [-0.05, 0) is 31.9 Å². The number of nitrogens with zero attached hydrogens (tertiary/aromatic N) is 1. The highest BCUT2D eigenvalue weighted by Crippen LogP contribution is 2.34. The van der Waals surface area contributed by atoms with Gasteiger partial charge in [0.15, 0.2) is 0 Å². The fourth-order valence-electron chi connectivity index (χ4n) is 3.25. The third kappa shape index (κ3) is 2.98. The average Bonchev–Trinajstić information content (AvgIpc) is 2.85. The Morgan fingerprint density at radius 3 is 2.74 bits per heavy atom. The van der Waals surface area contributed by atoms with Gasteiger partial charge in [0.05, 0.1) is 5.57 Å². The molecule has 0 bridgehead atoms. The number of anilines is 1. The first-order valence-corrected chi connectivity index (χ1v) is 7.98. The molecule has 0 radical (unpaired) electrons. The number of fused-ring (bicyclic) bond motifs is 1. The van der Waals surface area contributed by atoms with Gasteiger partial charge in [-0.1, -0.05) is 30.9 Å². The van der Waals surface area contributed by atoms with Gasteiger partial charge in [-0.2, -0.15) is 5.26 Å². The van der Waals surface area contributed by atoms with Crippen LogP contribution >= 0.6 is 0 Å². The third-order valence-electron chi connectivity index (χ3n) is 4.45. The zero-order valence-corrected chi connectivity index (χ0v) is 13.1. The van der Waals surface area contributed by atoms with Gasteiger partial charge in [-0.3, -0.25) is 9.59 Å². The SMILES string of the molecule is Cc1ccc2c(c1)/C(=C(\C#N)C(=O)NC1CCCCC1)C(=O)N2. The minimum atomic E-state index is -0.445.